The van der Waals surface area contributed by atoms with Crippen molar-refractivity contribution in [1.29, 1.82) is 0 Å². The van der Waals surface area contributed by atoms with Gasteiger partial charge in [-0.25, -0.2) is 0 Å². The molecule has 1 aromatic carbocycles. The molecule has 0 aliphatic carbocycles. The van der Waals surface area contributed by atoms with Crippen LogP contribution in [0.25, 0.3) is 0 Å². The molecule has 2 saturated heterocycles. The largest absolute Gasteiger partial charge is 0.493 e. The molecule has 3 aliphatic heterocycles. The number of hydrogen-bond donors (Lipinski definition) is 1. The van der Waals surface area contributed by atoms with Crippen LogP contribution < -0.4 is 10.1 Å². The average molecular weight is 245 g/mol. The summed E-state index contributed by atoms with van der Waals surface area (Å²) < 4.78 is 11.2. The summed E-state index contributed by atoms with van der Waals surface area (Å²) in [6.45, 7) is 4.92. The Morgan fingerprint density at radius 2 is 2.11 bits per heavy atom. The third-order valence-electron chi connectivity index (χ3n) is 4.77. The predicted octanol–water partition coefficient (Wildman–Crippen LogP) is 1.50. The van der Waals surface area contributed by atoms with Gasteiger partial charge in [-0.2, -0.15) is 0 Å². The SMILES string of the molecule is c1cc2c(cc1C1(C3CNC3)COC1)CCCO2. The Hall–Kier alpha value is -1.06. The Morgan fingerprint density at radius 1 is 1.22 bits per heavy atom. The van der Waals surface area contributed by atoms with E-state index in [0.717, 1.165) is 57.4 Å². The summed E-state index contributed by atoms with van der Waals surface area (Å²) in [4.78, 5) is 0. The zero-order valence-corrected chi connectivity index (χ0v) is 10.6. The fraction of sp³-hybridized carbons (Fsp3) is 0.600. The topological polar surface area (TPSA) is 30.5 Å². The van der Waals surface area contributed by atoms with Gasteiger partial charge < -0.3 is 14.8 Å². The van der Waals surface area contributed by atoms with Crippen LogP contribution in [0, 0.1) is 5.92 Å². The number of rotatable bonds is 2. The molecule has 18 heavy (non-hydrogen) atoms. The van der Waals surface area contributed by atoms with Crippen LogP contribution in [-0.4, -0.2) is 32.9 Å². The van der Waals surface area contributed by atoms with Crippen LogP contribution in [0.4, 0.5) is 0 Å². The predicted molar refractivity (Wildman–Crippen MR) is 69.1 cm³/mol. The molecule has 1 N–H and O–H groups in total. The molecule has 3 aliphatic rings. The molecule has 3 heterocycles. The van der Waals surface area contributed by atoms with Gasteiger partial charge in [0.1, 0.15) is 5.75 Å². The van der Waals surface area contributed by atoms with E-state index < -0.39 is 0 Å². The average Bonchev–Trinajstić information content (AvgIpc) is 2.30. The van der Waals surface area contributed by atoms with Crippen LogP contribution in [0.3, 0.4) is 0 Å². The van der Waals surface area contributed by atoms with Crippen molar-refractivity contribution in [3.8, 4) is 5.75 Å². The first-order valence-electron chi connectivity index (χ1n) is 6.93. The molecule has 0 aromatic heterocycles. The lowest BCUT2D eigenvalue weighted by atomic mass is 9.66. The van der Waals surface area contributed by atoms with Crippen LogP contribution >= 0.6 is 0 Å². The van der Waals surface area contributed by atoms with Gasteiger partial charge in [0.15, 0.2) is 0 Å². The second-order valence-corrected chi connectivity index (χ2v) is 5.78. The summed E-state index contributed by atoms with van der Waals surface area (Å²) in [6.07, 6.45) is 2.30. The van der Waals surface area contributed by atoms with Gasteiger partial charge in [0.05, 0.1) is 19.8 Å². The van der Waals surface area contributed by atoms with Crippen LogP contribution in [0.15, 0.2) is 18.2 Å². The van der Waals surface area contributed by atoms with Gasteiger partial charge >= 0.3 is 0 Å². The van der Waals surface area contributed by atoms with E-state index in [2.05, 4.69) is 23.5 Å². The first-order valence-corrected chi connectivity index (χ1v) is 6.93. The van der Waals surface area contributed by atoms with Gasteiger partial charge in [0, 0.05) is 18.5 Å². The molecule has 0 spiro atoms. The van der Waals surface area contributed by atoms with Crippen molar-refractivity contribution >= 4 is 0 Å². The standard InChI is InChI=1S/C15H19NO2/c1-2-11-6-12(3-4-14(11)18-5-1)15(9-17-10-15)13-7-16-8-13/h3-4,6,13,16H,1-2,5,7-10H2. The third kappa shape index (κ3) is 1.44. The maximum Gasteiger partial charge on any atom is 0.122 e. The molecule has 2 fully saturated rings. The van der Waals surface area contributed by atoms with Crippen molar-refractivity contribution < 1.29 is 9.47 Å². The Balaban J connectivity index is 1.70. The van der Waals surface area contributed by atoms with E-state index in [0.29, 0.717) is 0 Å². The maximum atomic E-state index is 5.70. The smallest absolute Gasteiger partial charge is 0.122 e. The molecule has 96 valence electrons. The van der Waals surface area contributed by atoms with Crippen molar-refractivity contribution in [3.63, 3.8) is 0 Å². The lowest BCUT2D eigenvalue weighted by Gasteiger charge is -2.51. The highest BCUT2D eigenvalue weighted by Gasteiger charge is 2.49. The Labute approximate surface area is 107 Å². The monoisotopic (exact) mass is 245 g/mol. The minimum absolute atomic E-state index is 0.276. The van der Waals surface area contributed by atoms with E-state index in [1.165, 1.54) is 11.1 Å². The van der Waals surface area contributed by atoms with Crippen LogP contribution in [0.1, 0.15) is 17.5 Å². The summed E-state index contributed by atoms with van der Waals surface area (Å²) in [7, 11) is 0. The van der Waals surface area contributed by atoms with Crippen LogP contribution in [0.2, 0.25) is 0 Å². The minimum atomic E-state index is 0.276. The number of ether oxygens (including phenoxy) is 2. The van der Waals surface area contributed by atoms with Crippen molar-refractivity contribution in [2.75, 3.05) is 32.9 Å². The van der Waals surface area contributed by atoms with Crippen LogP contribution in [-0.2, 0) is 16.6 Å². The van der Waals surface area contributed by atoms with E-state index >= 15 is 0 Å². The molecule has 0 radical (unpaired) electrons. The zero-order valence-electron chi connectivity index (χ0n) is 10.6. The van der Waals surface area contributed by atoms with Gasteiger partial charge in [-0.3, -0.25) is 0 Å². The fourth-order valence-corrected chi connectivity index (χ4v) is 3.31. The summed E-state index contributed by atoms with van der Waals surface area (Å²) in [5.41, 5.74) is 3.12. The van der Waals surface area contributed by atoms with E-state index in [4.69, 9.17) is 9.47 Å². The van der Waals surface area contributed by atoms with Gasteiger partial charge in [-0.05, 0) is 36.0 Å². The molecule has 3 heteroatoms. The van der Waals surface area contributed by atoms with Gasteiger partial charge in [0.25, 0.3) is 0 Å². The minimum Gasteiger partial charge on any atom is -0.493 e. The number of aryl methyl sites for hydroxylation is 1. The Bertz CT molecular complexity index is 464. The number of hydrogen-bond acceptors (Lipinski definition) is 3. The summed E-state index contributed by atoms with van der Waals surface area (Å²) >= 11 is 0. The normalized spacial score (nSPS) is 25.6. The molecule has 0 bridgehead atoms. The molecular weight excluding hydrogens is 226 g/mol. The fourth-order valence-electron chi connectivity index (χ4n) is 3.31. The second-order valence-electron chi connectivity index (χ2n) is 5.78. The molecule has 0 unspecified atom stereocenters. The van der Waals surface area contributed by atoms with Gasteiger partial charge in [0.2, 0.25) is 0 Å². The van der Waals surface area contributed by atoms with Crippen molar-refractivity contribution in [1.82, 2.24) is 5.32 Å². The van der Waals surface area contributed by atoms with E-state index in [9.17, 15) is 0 Å². The van der Waals surface area contributed by atoms with Crippen LogP contribution in [0.5, 0.6) is 5.75 Å². The highest BCUT2D eigenvalue weighted by atomic mass is 16.5. The lowest BCUT2D eigenvalue weighted by molar-refractivity contribution is -0.101. The Kier molecular flexibility index (Phi) is 2.39. The maximum absolute atomic E-state index is 5.70. The molecule has 3 nitrogen and oxygen atoms in total. The highest BCUT2D eigenvalue weighted by molar-refractivity contribution is 5.43. The molecule has 0 saturated carbocycles. The van der Waals surface area contributed by atoms with E-state index in [1.807, 2.05) is 0 Å². The molecule has 4 rings (SSSR count). The second kappa shape index (κ2) is 3.97. The van der Waals surface area contributed by atoms with Crippen molar-refractivity contribution in [3.05, 3.63) is 29.3 Å². The number of benzene rings is 1. The molecule has 0 atom stereocenters. The Morgan fingerprint density at radius 3 is 2.78 bits per heavy atom. The third-order valence-corrected chi connectivity index (χ3v) is 4.77. The first kappa shape index (κ1) is 10.8. The van der Waals surface area contributed by atoms with E-state index in [1.54, 1.807) is 0 Å². The number of nitrogens with one attached hydrogen (secondary N) is 1. The lowest BCUT2D eigenvalue weighted by Crippen LogP contribution is -2.62. The summed E-state index contributed by atoms with van der Waals surface area (Å²) in [5, 5.41) is 3.39. The zero-order chi connectivity index (χ0) is 12.0. The van der Waals surface area contributed by atoms with Gasteiger partial charge in [-0.15, -0.1) is 0 Å². The van der Waals surface area contributed by atoms with Crippen molar-refractivity contribution in [2.24, 2.45) is 5.92 Å². The number of fused-ring (bicyclic) bond motifs is 1. The summed E-state index contributed by atoms with van der Waals surface area (Å²) in [5.74, 6) is 1.83. The van der Waals surface area contributed by atoms with Crippen molar-refractivity contribution in [2.45, 2.75) is 18.3 Å². The quantitative estimate of drug-likeness (QED) is 0.856. The van der Waals surface area contributed by atoms with Gasteiger partial charge in [-0.1, -0.05) is 12.1 Å². The first-order chi connectivity index (χ1) is 8.88. The molecular formula is C15H19NO2. The summed E-state index contributed by atoms with van der Waals surface area (Å²) in [6, 6.07) is 6.79. The molecule has 1 aromatic rings. The molecule has 0 amide bonds. The highest BCUT2D eigenvalue weighted by Crippen LogP contribution is 2.43. The van der Waals surface area contributed by atoms with E-state index in [-0.39, 0.29) is 5.41 Å².